The first-order valence-corrected chi connectivity index (χ1v) is 6.37. The molecule has 0 bridgehead atoms. The Morgan fingerprint density at radius 1 is 1.48 bits per heavy atom. The van der Waals surface area contributed by atoms with Crippen molar-refractivity contribution in [1.29, 1.82) is 0 Å². The van der Waals surface area contributed by atoms with E-state index in [1.54, 1.807) is 0 Å². The number of phenols is 1. The summed E-state index contributed by atoms with van der Waals surface area (Å²) in [6.45, 7) is 3.59. The highest BCUT2D eigenvalue weighted by molar-refractivity contribution is 6.31. The van der Waals surface area contributed by atoms with Gasteiger partial charge in [0.15, 0.2) is 11.5 Å². The van der Waals surface area contributed by atoms with Gasteiger partial charge < -0.3 is 15.2 Å². The van der Waals surface area contributed by atoms with Crippen molar-refractivity contribution >= 4 is 29.6 Å². The first-order chi connectivity index (χ1) is 9.97. The molecule has 3 amide bonds. The summed E-state index contributed by atoms with van der Waals surface area (Å²) in [5.41, 5.74) is 0.310. The lowest BCUT2D eigenvalue weighted by Crippen LogP contribution is -2.30. The van der Waals surface area contributed by atoms with E-state index in [4.69, 9.17) is 16.3 Å². The van der Waals surface area contributed by atoms with Crippen LogP contribution < -0.4 is 10.1 Å². The van der Waals surface area contributed by atoms with Crippen LogP contribution in [0.4, 0.5) is 4.79 Å². The van der Waals surface area contributed by atoms with Crippen molar-refractivity contribution in [3.05, 3.63) is 41.1 Å². The molecule has 0 aromatic heterocycles. The number of nitrogens with one attached hydrogen (secondary N) is 1. The van der Waals surface area contributed by atoms with Gasteiger partial charge in [0.25, 0.3) is 5.91 Å². The molecule has 1 fully saturated rings. The lowest BCUT2D eigenvalue weighted by Gasteiger charge is -2.08. The van der Waals surface area contributed by atoms with Gasteiger partial charge in [0.1, 0.15) is 5.70 Å². The summed E-state index contributed by atoms with van der Waals surface area (Å²) < 4.78 is 4.98. The van der Waals surface area contributed by atoms with E-state index in [1.807, 2.05) is 0 Å². The highest BCUT2D eigenvalue weighted by atomic mass is 35.5. The fourth-order valence-electron chi connectivity index (χ4n) is 1.88. The molecule has 1 aliphatic rings. The summed E-state index contributed by atoms with van der Waals surface area (Å²) in [7, 11) is 1.39. The van der Waals surface area contributed by atoms with Crippen LogP contribution in [0.5, 0.6) is 11.5 Å². The zero-order chi connectivity index (χ0) is 15.6. The van der Waals surface area contributed by atoms with Gasteiger partial charge in [-0.15, -0.1) is 6.58 Å². The molecule has 1 heterocycles. The van der Waals surface area contributed by atoms with Crippen molar-refractivity contribution in [3.63, 3.8) is 0 Å². The molecule has 110 valence electrons. The normalized spacial score (nSPS) is 16.3. The number of nitrogens with zero attached hydrogens (tertiary/aromatic N) is 1. The van der Waals surface area contributed by atoms with Crippen molar-refractivity contribution in [2.75, 3.05) is 13.7 Å². The van der Waals surface area contributed by atoms with E-state index in [2.05, 4.69) is 11.9 Å². The van der Waals surface area contributed by atoms with Gasteiger partial charge >= 0.3 is 6.03 Å². The van der Waals surface area contributed by atoms with Crippen molar-refractivity contribution in [2.45, 2.75) is 0 Å². The Kier molecular flexibility index (Phi) is 4.18. The predicted molar refractivity (Wildman–Crippen MR) is 78.1 cm³/mol. The average Bonchev–Trinajstić information content (AvgIpc) is 2.70. The molecule has 1 aliphatic heterocycles. The summed E-state index contributed by atoms with van der Waals surface area (Å²) >= 11 is 5.91. The van der Waals surface area contributed by atoms with E-state index in [0.717, 1.165) is 4.90 Å². The Labute approximate surface area is 126 Å². The second-order valence-corrected chi connectivity index (χ2v) is 4.67. The van der Waals surface area contributed by atoms with E-state index in [-0.39, 0.29) is 29.3 Å². The number of hydrogen-bond donors (Lipinski definition) is 2. The van der Waals surface area contributed by atoms with Gasteiger partial charge in [-0.3, -0.25) is 9.69 Å². The maximum absolute atomic E-state index is 12.0. The molecule has 0 unspecified atom stereocenters. The number of imide groups is 1. The van der Waals surface area contributed by atoms with Crippen LogP contribution in [0.25, 0.3) is 6.08 Å². The molecule has 0 saturated carbocycles. The largest absolute Gasteiger partial charge is 0.504 e. The maximum Gasteiger partial charge on any atom is 0.329 e. The third-order valence-corrected chi connectivity index (χ3v) is 3.08. The van der Waals surface area contributed by atoms with Crippen LogP contribution in [-0.2, 0) is 4.79 Å². The zero-order valence-corrected chi connectivity index (χ0v) is 12.0. The minimum atomic E-state index is -0.542. The van der Waals surface area contributed by atoms with Gasteiger partial charge in [0, 0.05) is 23.2 Å². The van der Waals surface area contributed by atoms with Crippen molar-refractivity contribution < 1.29 is 19.4 Å². The van der Waals surface area contributed by atoms with Gasteiger partial charge in [-0.2, -0.15) is 0 Å². The number of aromatic hydroxyl groups is 1. The average molecular weight is 309 g/mol. The number of methoxy groups -OCH3 is 1. The van der Waals surface area contributed by atoms with Gasteiger partial charge in [-0.1, -0.05) is 17.7 Å². The lowest BCUT2D eigenvalue weighted by atomic mass is 10.1. The van der Waals surface area contributed by atoms with Crippen LogP contribution in [0, 0.1) is 0 Å². The molecule has 6 nitrogen and oxygen atoms in total. The van der Waals surface area contributed by atoms with Crippen molar-refractivity contribution in [2.24, 2.45) is 0 Å². The number of carbonyl (C=O) groups excluding carboxylic acids is 2. The van der Waals surface area contributed by atoms with Crippen LogP contribution in [0.2, 0.25) is 5.02 Å². The Morgan fingerprint density at radius 3 is 2.81 bits per heavy atom. The summed E-state index contributed by atoms with van der Waals surface area (Å²) in [4.78, 5) is 24.7. The number of benzene rings is 1. The standard InChI is InChI=1S/C14H13ClN2O4/c1-3-4-17-13(19)10(16-14(17)20)6-8-5-9(15)7-11(21-2)12(8)18/h3,5-7,18H,1,4H2,2H3,(H,16,20). The van der Waals surface area contributed by atoms with Crippen LogP contribution in [-0.4, -0.2) is 35.6 Å². The maximum atomic E-state index is 12.0. The predicted octanol–water partition coefficient (Wildman–Crippen LogP) is 2.13. The second-order valence-electron chi connectivity index (χ2n) is 4.24. The number of carbonyl (C=O) groups is 2. The van der Waals surface area contributed by atoms with Crippen LogP contribution >= 0.6 is 11.6 Å². The number of amides is 3. The molecule has 1 aromatic carbocycles. The number of hydrogen-bond acceptors (Lipinski definition) is 4. The SMILES string of the molecule is C=CCN1C(=O)NC(=Cc2cc(Cl)cc(OC)c2O)C1=O. The quantitative estimate of drug-likeness (QED) is 0.507. The number of urea groups is 1. The van der Waals surface area contributed by atoms with Crippen LogP contribution in [0.1, 0.15) is 5.56 Å². The highest BCUT2D eigenvalue weighted by Gasteiger charge is 2.32. The third-order valence-electron chi connectivity index (χ3n) is 2.86. The minimum absolute atomic E-state index is 0.0430. The number of phenolic OH excluding ortho intramolecular Hbond substituents is 1. The molecular formula is C14H13ClN2O4. The molecule has 0 atom stereocenters. The number of ether oxygens (including phenoxy) is 1. The van der Waals surface area contributed by atoms with Crippen LogP contribution in [0.3, 0.4) is 0 Å². The smallest absolute Gasteiger partial charge is 0.329 e. The lowest BCUT2D eigenvalue weighted by molar-refractivity contribution is -0.122. The van der Waals surface area contributed by atoms with E-state index in [9.17, 15) is 14.7 Å². The Bertz CT molecular complexity index is 655. The molecule has 21 heavy (non-hydrogen) atoms. The first kappa shape index (κ1) is 14.9. The molecule has 1 aromatic rings. The topological polar surface area (TPSA) is 78.9 Å². The molecule has 2 rings (SSSR count). The summed E-state index contributed by atoms with van der Waals surface area (Å²) in [6, 6.07) is 2.36. The fraction of sp³-hybridized carbons (Fsp3) is 0.143. The van der Waals surface area contributed by atoms with Gasteiger partial charge in [0.05, 0.1) is 7.11 Å². The second kappa shape index (κ2) is 5.88. The molecule has 0 spiro atoms. The molecule has 0 radical (unpaired) electrons. The Morgan fingerprint density at radius 2 is 2.19 bits per heavy atom. The summed E-state index contributed by atoms with van der Waals surface area (Å²) in [5, 5.41) is 12.8. The fourth-order valence-corrected chi connectivity index (χ4v) is 2.10. The molecular weight excluding hydrogens is 296 g/mol. The monoisotopic (exact) mass is 308 g/mol. The van der Waals surface area contributed by atoms with E-state index < -0.39 is 11.9 Å². The summed E-state index contributed by atoms with van der Waals surface area (Å²) in [6.07, 6.45) is 2.79. The van der Waals surface area contributed by atoms with Crippen molar-refractivity contribution in [1.82, 2.24) is 10.2 Å². The van der Waals surface area contributed by atoms with E-state index in [1.165, 1.54) is 31.4 Å². The highest BCUT2D eigenvalue weighted by Crippen LogP contribution is 2.34. The van der Waals surface area contributed by atoms with Crippen molar-refractivity contribution in [3.8, 4) is 11.5 Å². The third kappa shape index (κ3) is 2.85. The molecule has 1 saturated heterocycles. The minimum Gasteiger partial charge on any atom is -0.504 e. The molecule has 2 N–H and O–H groups in total. The first-order valence-electron chi connectivity index (χ1n) is 6.00. The van der Waals surface area contributed by atoms with Crippen LogP contribution in [0.15, 0.2) is 30.5 Å². The Hall–Kier alpha value is -2.47. The van der Waals surface area contributed by atoms with Gasteiger partial charge in [0.2, 0.25) is 0 Å². The Balaban J connectivity index is 2.41. The zero-order valence-electron chi connectivity index (χ0n) is 11.2. The van der Waals surface area contributed by atoms with Gasteiger partial charge in [-0.05, 0) is 12.1 Å². The molecule has 0 aliphatic carbocycles. The molecule has 7 heteroatoms. The van der Waals surface area contributed by atoms with E-state index >= 15 is 0 Å². The number of rotatable bonds is 4. The van der Waals surface area contributed by atoms with Gasteiger partial charge in [-0.25, -0.2) is 4.79 Å². The summed E-state index contributed by atoms with van der Waals surface area (Å²) in [5.74, 6) is -0.495. The number of halogens is 1. The van der Waals surface area contributed by atoms with E-state index in [0.29, 0.717) is 5.02 Å².